The first kappa shape index (κ1) is 20.0. The lowest BCUT2D eigenvalue weighted by Crippen LogP contribution is -2.49. The number of aryl methyl sites for hydroxylation is 2. The van der Waals surface area contributed by atoms with Crippen LogP contribution in [-0.4, -0.2) is 33.2 Å². The predicted octanol–water partition coefficient (Wildman–Crippen LogP) is 2.88. The second-order valence-corrected chi connectivity index (χ2v) is 8.15. The van der Waals surface area contributed by atoms with Crippen molar-refractivity contribution in [3.05, 3.63) is 54.0 Å². The highest BCUT2D eigenvalue weighted by molar-refractivity contribution is 7.92. The average molecular weight is 378 g/mol. The van der Waals surface area contributed by atoms with Gasteiger partial charge in [0.25, 0.3) is 0 Å². The fourth-order valence-corrected chi connectivity index (χ4v) is 4.01. The molecule has 0 radical (unpaired) electrons. The Balaban J connectivity index is 2.06. The second-order valence-electron chi connectivity index (χ2n) is 6.29. The molecular weight excluding hydrogens is 352 g/mol. The number of benzene rings is 1. The van der Waals surface area contributed by atoms with E-state index in [0.717, 1.165) is 30.4 Å². The highest BCUT2D eigenvalue weighted by Crippen LogP contribution is 2.23. The van der Waals surface area contributed by atoms with Crippen molar-refractivity contribution < 1.29 is 17.6 Å². The maximum Gasteiger partial charge on any atom is 0.243 e. The van der Waals surface area contributed by atoms with Crippen molar-refractivity contribution in [2.45, 2.75) is 39.2 Å². The second kappa shape index (κ2) is 8.89. The van der Waals surface area contributed by atoms with E-state index in [9.17, 15) is 13.2 Å². The van der Waals surface area contributed by atoms with Gasteiger partial charge in [-0.3, -0.25) is 9.10 Å². The number of amides is 1. The lowest BCUT2D eigenvalue weighted by Gasteiger charge is -2.30. The molecule has 0 bridgehead atoms. The van der Waals surface area contributed by atoms with Gasteiger partial charge in [-0.05, 0) is 44.0 Å². The summed E-state index contributed by atoms with van der Waals surface area (Å²) < 4.78 is 31.1. The van der Waals surface area contributed by atoms with E-state index in [4.69, 9.17) is 4.42 Å². The quantitative estimate of drug-likeness (QED) is 0.681. The van der Waals surface area contributed by atoms with E-state index in [2.05, 4.69) is 5.32 Å². The normalized spacial score (nSPS) is 12.6. The largest absolute Gasteiger partial charge is 0.469 e. The van der Waals surface area contributed by atoms with Crippen molar-refractivity contribution in [2.75, 3.05) is 17.1 Å². The molecule has 0 saturated carbocycles. The van der Waals surface area contributed by atoms with Crippen LogP contribution < -0.4 is 9.62 Å². The molecule has 1 atom stereocenters. The predicted molar refractivity (Wildman–Crippen MR) is 103 cm³/mol. The number of nitrogens with one attached hydrogen (secondary N) is 1. The summed E-state index contributed by atoms with van der Waals surface area (Å²) in [6.07, 6.45) is 4.56. The molecule has 1 N–H and O–H groups in total. The number of carbonyl (C=O) groups is 1. The molecule has 6 nitrogen and oxygen atoms in total. The van der Waals surface area contributed by atoms with E-state index < -0.39 is 16.1 Å². The van der Waals surface area contributed by atoms with Gasteiger partial charge in [0.1, 0.15) is 11.8 Å². The number of nitrogens with zero attached hydrogens (tertiary/aromatic N) is 1. The summed E-state index contributed by atoms with van der Waals surface area (Å²) in [5.41, 5.74) is 1.52. The van der Waals surface area contributed by atoms with Crippen LogP contribution in [0.15, 0.2) is 47.1 Å². The third-order valence-corrected chi connectivity index (χ3v) is 5.28. The van der Waals surface area contributed by atoms with E-state index in [0.29, 0.717) is 18.7 Å². The van der Waals surface area contributed by atoms with Gasteiger partial charge in [-0.15, -0.1) is 0 Å². The molecule has 0 saturated heterocycles. The van der Waals surface area contributed by atoms with E-state index in [1.165, 1.54) is 4.31 Å². The van der Waals surface area contributed by atoms with E-state index in [1.807, 2.05) is 31.2 Å². The average Bonchev–Trinajstić information content (AvgIpc) is 3.10. The molecule has 2 rings (SSSR count). The Hall–Kier alpha value is -2.28. The number of hydrogen-bond acceptors (Lipinski definition) is 4. The van der Waals surface area contributed by atoms with Gasteiger partial charge in [-0.25, -0.2) is 8.42 Å². The molecule has 1 aromatic carbocycles. The molecule has 1 amide bonds. The van der Waals surface area contributed by atoms with Crippen LogP contribution in [0.1, 0.15) is 31.1 Å². The third kappa shape index (κ3) is 5.36. The van der Waals surface area contributed by atoms with Gasteiger partial charge in [-0.2, -0.15) is 0 Å². The molecule has 7 heteroatoms. The van der Waals surface area contributed by atoms with Gasteiger partial charge in [-0.1, -0.05) is 24.6 Å². The maximum absolute atomic E-state index is 12.6. The fourth-order valence-electron chi connectivity index (χ4n) is 2.80. The highest BCUT2D eigenvalue weighted by atomic mass is 32.2. The van der Waals surface area contributed by atoms with Crippen molar-refractivity contribution in [1.82, 2.24) is 5.32 Å². The van der Waals surface area contributed by atoms with Crippen LogP contribution in [-0.2, 0) is 21.2 Å². The molecule has 1 heterocycles. The lowest BCUT2D eigenvalue weighted by molar-refractivity contribution is -0.122. The molecule has 26 heavy (non-hydrogen) atoms. The first-order chi connectivity index (χ1) is 12.3. The SMILES string of the molecule is CCC(C(=O)NCCCc1ccco1)N(c1ccc(C)cc1)S(C)(=O)=O. The van der Waals surface area contributed by atoms with E-state index in [1.54, 1.807) is 25.3 Å². The summed E-state index contributed by atoms with van der Waals surface area (Å²) >= 11 is 0. The number of sulfonamides is 1. The summed E-state index contributed by atoms with van der Waals surface area (Å²) in [5, 5.41) is 2.84. The molecule has 2 aromatic rings. The van der Waals surface area contributed by atoms with Gasteiger partial charge >= 0.3 is 0 Å². The summed E-state index contributed by atoms with van der Waals surface area (Å²) in [4.78, 5) is 12.6. The number of furan rings is 1. The van der Waals surface area contributed by atoms with Crippen LogP contribution in [0.5, 0.6) is 0 Å². The number of carbonyl (C=O) groups excluding carboxylic acids is 1. The van der Waals surface area contributed by atoms with Crippen molar-refractivity contribution >= 4 is 21.6 Å². The molecule has 1 unspecified atom stereocenters. The standard InChI is InChI=1S/C19H26N2O4S/c1-4-18(19(22)20-13-5-7-17-8-6-14-25-17)21(26(3,23)24)16-11-9-15(2)10-12-16/h6,8-12,14,18H,4-5,7,13H2,1-3H3,(H,20,22). The Kier molecular flexibility index (Phi) is 6.85. The molecule has 0 aliphatic carbocycles. The van der Waals surface area contributed by atoms with Gasteiger partial charge in [0.2, 0.25) is 15.9 Å². The Morgan fingerprint density at radius 1 is 1.23 bits per heavy atom. The maximum atomic E-state index is 12.6. The smallest absolute Gasteiger partial charge is 0.243 e. The molecule has 0 fully saturated rings. The van der Waals surface area contributed by atoms with Crippen LogP contribution in [0.25, 0.3) is 0 Å². The molecule has 0 aliphatic heterocycles. The van der Waals surface area contributed by atoms with Crippen LogP contribution in [0.2, 0.25) is 0 Å². The van der Waals surface area contributed by atoms with Crippen LogP contribution in [0.4, 0.5) is 5.69 Å². The molecule has 0 spiro atoms. The first-order valence-electron chi connectivity index (χ1n) is 8.69. The number of anilines is 1. The zero-order valence-electron chi connectivity index (χ0n) is 15.4. The fraction of sp³-hybridized carbons (Fsp3) is 0.421. The summed E-state index contributed by atoms with van der Waals surface area (Å²) in [6, 6.07) is 10.1. The van der Waals surface area contributed by atoms with Crippen LogP contribution in [0, 0.1) is 6.92 Å². The Morgan fingerprint density at radius 2 is 1.92 bits per heavy atom. The van der Waals surface area contributed by atoms with Gasteiger partial charge < -0.3 is 9.73 Å². The Bertz CT molecular complexity index is 799. The highest BCUT2D eigenvalue weighted by Gasteiger charge is 2.31. The zero-order chi connectivity index (χ0) is 19.2. The lowest BCUT2D eigenvalue weighted by atomic mass is 10.1. The molecular formula is C19H26N2O4S. The minimum Gasteiger partial charge on any atom is -0.469 e. The molecule has 1 aromatic heterocycles. The first-order valence-corrected chi connectivity index (χ1v) is 10.5. The minimum absolute atomic E-state index is 0.294. The number of rotatable bonds is 9. The molecule has 142 valence electrons. The van der Waals surface area contributed by atoms with Crippen molar-refractivity contribution in [1.29, 1.82) is 0 Å². The van der Waals surface area contributed by atoms with E-state index >= 15 is 0 Å². The van der Waals surface area contributed by atoms with Crippen molar-refractivity contribution in [3.63, 3.8) is 0 Å². The molecule has 0 aliphatic rings. The van der Waals surface area contributed by atoms with Gasteiger partial charge in [0.15, 0.2) is 0 Å². The van der Waals surface area contributed by atoms with Crippen molar-refractivity contribution in [2.24, 2.45) is 0 Å². The monoisotopic (exact) mass is 378 g/mol. The van der Waals surface area contributed by atoms with Gasteiger partial charge in [0.05, 0.1) is 18.2 Å². The topological polar surface area (TPSA) is 79.6 Å². The summed E-state index contributed by atoms with van der Waals surface area (Å²) in [6.45, 7) is 4.19. The Morgan fingerprint density at radius 3 is 2.46 bits per heavy atom. The van der Waals surface area contributed by atoms with Gasteiger partial charge in [0, 0.05) is 13.0 Å². The zero-order valence-corrected chi connectivity index (χ0v) is 16.3. The summed E-state index contributed by atoms with van der Waals surface area (Å²) in [7, 11) is -3.60. The van der Waals surface area contributed by atoms with Crippen molar-refractivity contribution in [3.8, 4) is 0 Å². The summed E-state index contributed by atoms with van der Waals surface area (Å²) in [5.74, 6) is 0.571. The van der Waals surface area contributed by atoms with Crippen LogP contribution in [0.3, 0.4) is 0 Å². The van der Waals surface area contributed by atoms with E-state index in [-0.39, 0.29) is 5.91 Å². The third-order valence-electron chi connectivity index (χ3n) is 4.10. The number of hydrogen-bond donors (Lipinski definition) is 1. The minimum atomic E-state index is -3.60. The van der Waals surface area contributed by atoms with Crippen LogP contribution >= 0.6 is 0 Å². The Labute approximate surface area is 155 Å².